The minimum atomic E-state index is -0.961. The Morgan fingerprint density at radius 2 is 1.76 bits per heavy atom. The summed E-state index contributed by atoms with van der Waals surface area (Å²) in [6.45, 7) is 5.47. The third kappa shape index (κ3) is 6.56. The zero-order chi connectivity index (χ0) is 23.7. The second-order valence-electron chi connectivity index (χ2n) is 8.87. The van der Waals surface area contributed by atoms with E-state index in [2.05, 4.69) is 16.7 Å². The number of nitrogens with one attached hydrogen (secondary N) is 2. The van der Waals surface area contributed by atoms with E-state index >= 15 is 0 Å². The van der Waals surface area contributed by atoms with E-state index in [0.717, 1.165) is 11.1 Å². The standard InChI is InChI=1S/C26H32N4O3/c1-20(2)15-23(29-25(32)33-17-22-11-7-4-8-12-22)24(31)30(16-21-9-5-3-6-10-21)26(18-27)13-14-28-19-26/h3-12,20,23,28H,13-17,19H2,1-2H3,(H,29,32). The Morgan fingerprint density at radius 3 is 2.30 bits per heavy atom. The number of nitrogens with zero attached hydrogens (tertiary/aromatic N) is 2. The van der Waals surface area contributed by atoms with Crippen molar-refractivity contribution in [1.29, 1.82) is 5.26 Å². The monoisotopic (exact) mass is 448 g/mol. The van der Waals surface area contributed by atoms with E-state index in [1.807, 2.05) is 74.5 Å². The van der Waals surface area contributed by atoms with Crippen molar-refractivity contribution in [3.8, 4) is 6.07 Å². The number of amides is 2. The van der Waals surface area contributed by atoms with Crippen LogP contribution in [0.5, 0.6) is 0 Å². The first-order valence-corrected chi connectivity index (χ1v) is 11.4. The van der Waals surface area contributed by atoms with E-state index in [-0.39, 0.29) is 18.4 Å². The maximum Gasteiger partial charge on any atom is 0.408 e. The van der Waals surface area contributed by atoms with Crippen LogP contribution in [0.25, 0.3) is 0 Å². The van der Waals surface area contributed by atoms with Crippen LogP contribution < -0.4 is 10.6 Å². The molecule has 0 saturated carbocycles. The minimum Gasteiger partial charge on any atom is -0.445 e. The summed E-state index contributed by atoms with van der Waals surface area (Å²) in [6, 6.07) is 20.6. The van der Waals surface area contributed by atoms with Gasteiger partial charge in [-0.05, 0) is 36.4 Å². The molecule has 3 rings (SSSR count). The van der Waals surface area contributed by atoms with Gasteiger partial charge in [0.2, 0.25) is 5.91 Å². The quantitative estimate of drug-likeness (QED) is 0.611. The molecule has 1 fully saturated rings. The normalized spacial score (nSPS) is 18.4. The molecule has 0 bridgehead atoms. The number of hydrogen-bond acceptors (Lipinski definition) is 5. The molecule has 7 nitrogen and oxygen atoms in total. The second kappa shape index (κ2) is 11.5. The van der Waals surface area contributed by atoms with E-state index in [0.29, 0.717) is 32.5 Å². The molecule has 33 heavy (non-hydrogen) atoms. The van der Waals surface area contributed by atoms with Gasteiger partial charge in [0, 0.05) is 13.1 Å². The van der Waals surface area contributed by atoms with Gasteiger partial charge < -0.3 is 20.3 Å². The number of carbonyl (C=O) groups excluding carboxylic acids is 2. The summed E-state index contributed by atoms with van der Waals surface area (Å²) in [6.07, 6.45) is 0.335. The number of benzene rings is 2. The topological polar surface area (TPSA) is 94.5 Å². The van der Waals surface area contributed by atoms with Gasteiger partial charge in [0.1, 0.15) is 18.2 Å². The highest BCUT2D eigenvalue weighted by atomic mass is 16.5. The van der Waals surface area contributed by atoms with Crippen LogP contribution in [0.2, 0.25) is 0 Å². The summed E-state index contributed by atoms with van der Waals surface area (Å²) in [7, 11) is 0. The lowest BCUT2D eigenvalue weighted by Crippen LogP contribution is -2.58. The molecular formula is C26H32N4O3. The van der Waals surface area contributed by atoms with Crippen molar-refractivity contribution in [2.24, 2.45) is 5.92 Å². The highest BCUT2D eigenvalue weighted by Crippen LogP contribution is 2.27. The van der Waals surface area contributed by atoms with Crippen molar-refractivity contribution < 1.29 is 14.3 Å². The van der Waals surface area contributed by atoms with Crippen molar-refractivity contribution in [1.82, 2.24) is 15.5 Å². The Kier molecular flexibility index (Phi) is 8.45. The molecule has 1 saturated heterocycles. The first-order chi connectivity index (χ1) is 15.9. The van der Waals surface area contributed by atoms with Gasteiger partial charge >= 0.3 is 6.09 Å². The Hall–Kier alpha value is -3.37. The second-order valence-corrected chi connectivity index (χ2v) is 8.87. The summed E-state index contributed by atoms with van der Waals surface area (Å²) >= 11 is 0. The summed E-state index contributed by atoms with van der Waals surface area (Å²) in [5.41, 5.74) is 0.838. The van der Waals surface area contributed by atoms with Gasteiger partial charge in [-0.15, -0.1) is 0 Å². The van der Waals surface area contributed by atoms with Gasteiger partial charge in [-0.1, -0.05) is 74.5 Å². The number of alkyl carbamates (subject to hydrolysis) is 1. The fraction of sp³-hybridized carbons (Fsp3) is 0.423. The summed E-state index contributed by atoms with van der Waals surface area (Å²) in [5.74, 6) is -0.110. The average molecular weight is 449 g/mol. The molecule has 1 aliphatic heterocycles. The molecule has 2 aromatic carbocycles. The SMILES string of the molecule is CC(C)CC(NC(=O)OCc1ccccc1)C(=O)N(Cc1ccccc1)C1(C#N)CCNC1. The predicted molar refractivity (Wildman–Crippen MR) is 126 cm³/mol. The predicted octanol–water partition coefficient (Wildman–Crippen LogP) is 3.61. The van der Waals surface area contributed by atoms with Crippen LogP contribution in [0.1, 0.15) is 37.8 Å². The fourth-order valence-corrected chi connectivity index (χ4v) is 4.06. The lowest BCUT2D eigenvalue weighted by molar-refractivity contribution is -0.138. The Morgan fingerprint density at radius 1 is 1.12 bits per heavy atom. The van der Waals surface area contributed by atoms with Crippen LogP contribution in [-0.2, 0) is 22.7 Å². The maximum absolute atomic E-state index is 13.8. The highest BCUT2D eigenvalue weighted by Gasteiger charge is 2.44. The number of ether oxygens (including phenoxy) is 1. The van der Waals surface area contributed by atoms with Crippen LogP contribution >= 0.6 is 0 Å². The largest absolute Gasteiger partial charge is 0.445 e. The number of rotatable bonds is 9. The Bertz CT molecular complexity index is 951. The minimum absolute atomic E-state index is 0.120. The molecule has 0 spiro atoms. The molecular weight excluding hydrogens is 416 g/mol. The Labute approximate surface area is 195 Å². The first-order valence-electron chi connectivity index (χ1n) is 11.4. The lowest BCUT2D eigenvalue weighted by Gasteiger charge is -2.38. The molecule has 0 aliphatic carbocycles. The van der Waals surface area contributed by atoms with Crippen LogP contribution in [0.15, 0.2) is 60.7 Å². The molecule has 1 aliphatic rings. The van der Waals surface area contributed by atoms with Crippen molar-refractivity contribution in [3.05, 3.63) is 71.8 Å². The molecule has 0 radical (unpaired) electrons. The molecule has 1 heterocycles. The van der Waals surface area contributed by atoms with E-state index < -0.39 is 17.7 Å². The van der Waals surface area contributed by atoms with Crippen LogP contribution in [-0.4, -0.2) is 41.6 Å². The van der Waals surface area contributed by atoms with Crippen LogP contribution in [0.4, 0.5) is 4.79 Å². The molecule has 2 unspecified atom stereocenters. The van der Waals surface area contributed by atoms with Gasteiger partial charge in [-0.25, -0.2) is 4.79 Å². The molecule has 2 atom stereocenters. The smallest absolute Gasteiger partial charge is 0.408 e. The van der Waals surface area contributed by atoms with E-state index in [1.165, 1.54) is 0 Å². The van der Waals surface area contributed by atoms with Crippen molar-refractivity contribution >= 4 is 12.0 Å². The highest BCUT2D eigenvalue weighted by molar-refractivity contribution is 5.86. The Balaban J connectivity index is 1.79. The van der Waals surface area contributed by atoms with Crippen LogP contribution in [0, 0.1) is 17.2 Å². The fourth-order valence-electron chi connectivity index (χ4n) is 4.06. The molecule has 7 heteroatoms. The van der Waals surface area contributed by atoms with Gasteiger partial charge in [-0.3, -0.25) is 4.79 Å². The number of nitriles is 1. The average Bonchev–Trinajstić information content (AvgIpc) is 3.31. The first kappa shape index (κ1) is 24.3. The third-order valence-electron chi connectivity index (χ3n) is 5.82. The summed E-state index contributed by atoms with van der Waals surface area (Å²) in [5, 5.41) is 16.1. The maximum atomic E-state index is 13.8. The molecule has 174 valence electrons. The van der Waals surface area contributed by atoms with E-state index in [9.17, 15) is 14.9 Å². The lowest BCUT2D eigenvalue weighted by atomic mass is 9.94. The summed E-state index contributed by atoms with van der Waals surface area (Å²) < 4.78 is 5.37. The van der Waals surface area contributed by atoms with Crippen molar-refractivity contribution in [2.45, 2.75) is 51.4 Å². The molecule has 2 aromatic rings. The molecule has 2 amide bonds. The number of carbonyl (C=O) groups is 2. The third-order valence-corrected chi connectivity index (χ3v) is 5.82. The zero-order valence-electron chi connectivity index (χ0n) is 19.3. The van der Waals surface area contributed by atoms with Gasteiger partial charge in [0.05, 0.1) is 6.07 Å². The van der Waals surface area contributed by atoms with Gasteiger partial charge in [0.15, 0.2) is 0 Å². The molecule has 2 N–H and O–H groups in total. The van der Waals surface area contributed by atoms with Gasteiger partial charge in [-0.2, -0.15) is 5.26 Å². The molecule has 0 aromatic heterocycles. The van der Waals surface area contributed by atoms with Crippen LogP contribution in [0.3, 0.4) is 0 Å². The number of hydrogen-bond donors (Lipinski definition) is 2. The van der Waals surface area contributed by atoms with E-state index in [1.54, 1.807) is 4.90 Å². The van der Waals surface area contributed by atoms with Crippen molar-refractivity contribution in [3.63, 3.8) is 0 Å². The van der Waals surface area contributed by atoms with Gasteiger partial charge in [0.25, 0.3) is 0 Å². The zero-order valence-corrected chi connectivity index (χ0v) is 19.3. The summed E-state index contributed by atoms with van der Waals surface area (Å²) in [4.78, 5) is 28.0. The van der Waals surface area contributed by atoms with E-state index in [4.69, 9.17) is 4.74 Å². The van der Waals surface area contributed by atoms with Crippen molar-refractivity contribution in [2.75, 3.05) is 13.1 Å².